The Labute approximate surface area is 82.9 Å². The summed E-state index contributed by atoms with van der Waals surface area (Å²) in [7, 11) is 1.67. The minimum Gasteiger partial charge on any atom is -0.496 e. The number of carbonyl (C=O) groups is 1. The van der Waals surface area contributed by atoms with E-state index < -0.39 is 0 Å². The molecule has 2 heteroatoms. The van der Waals surface area contributed by atoms with Gasteiger partial charge >= 0.3 is 0 Å². The lowest BCUT2D eigenvalue weighted by Gasteiger charge is -2.15. The molecule has 0 heterocycles. The second-order valence-corrected chi connectivity index (χ2v) is 4.05. The van der Waals surface area contributed by atoms with Crippen LogP contribution in [0.25, 0.3) is 0 Å². The number of ketones is 1. The zero-order valence-corrected chi connectivity index (χ0v) is 8.12. The first-order chi connectivity index (χ1) is 6.83. The van der Waals surface area contributed by atoms with Crippen molar-refractivity contribution >= 4 is 5.78 Å². The topological polar surface area (TPSA) is 26.3 Å². The Bertz CT molecular complexity index is 409. The monoisotopic (exact) mass is 188 g/mol. The van der Waals surface area contributed by atoms with Gasteiger partial charge in [0.15, 0.2) is 0 Å². The Balaban J connectivity index is 2.24. The summed E-state index contributed by atoms with van der Waals surface area (Å²) >= 11 is 0. The van der Waals surface area contributed by atoms with Gasteiger partial charge in [-0.3, -0.25) is 4.79 Å². The molecule has 0 aliphatic heterocycles. The molecule has 0 saturated heterocycles. The second-order valence-electron chi connectivity index (χ2n) is 4.05. The number of hydrogen-bond acceptors (Lipinski definition) is 2. The Morgan fingerprint density at radius 2 is 2.07 bits per heavy atom. The first-order valence-corrected chi connectivity index (χ1v) is 5.03. The number of hydrogen-bond donors (Lipinski definition) is 0. The van der Waals surface area contributed by atoms with E-state index in [-0.39, 0.29) is 11.8 Å². The van der Waals surface area contributed by atoms with Crippen LogP contribution in [0.2, 0.25) is 0 Å². The van der Waals surface area contributed by atoms with Gasteiger partial charge in [0.2, 0.25) is 0 Å². The third-order valence-electron chi connectivity index (χ3n) is 3.47. The lowest BCUT2D eigenvalue weighted by Crippen LogP contribution is -2.01. The quantitative estimate of drug-likeness (QED) is 0.675. The molecule has 3 rings (SSSR count). The molecule has 0 N–H and O–H groups in total. The van der Waals surface area contributed by atoms with Crippen LogP contribution in [0.4, 0.5) is 0 Å². The Hall–Kier alpha value is -1.31. The van der Waals surface area contributed by atoms with E-state index in [2.05, 4.69) is 6.07 Å². The number of methoxy groups -OCH3 is 1. The summed E-state index contributed by atoms with van der Waals surface area (Å²) < 4.78 is 5.31. The summed E-state index contributed by atoms with van der Waals surface area (Å²) in [5.41, 5.74) is 2.38. The average Bonchev–Trinajstić information content (AvgIpc) is 2.72. The highest BCUT2D eigenvalue weighted by Gasteiger charge is 2.46. The van der Waals surface area contributed by atoms with E-state index >= 15 is 0 Å². The summed E-state index contributed by atoms with van der Waals surface area (Å²) in [5.74, 6) is 1.60. The van der Waals surface area contributed by atoms with Crippen LogP contribution in [0, 0.1) is 0 Å². The van der Waals surface area contributed by atoms with Crippen molar-refractivity contribution in [3.63, 3.8) is 0 Å². The molecule has 2 atom stereocenters. The standard InChI is InChI=1S/C12H12O2/c1-14-10-4-2-3-7-8-5-6-9(11(7)10)12(8)13/h2-4,8-9H,5-6H2,1H3. The van der Waals surface area contributed by atoms with E-state index in [4.69, 9.17) is 4.74 Å². The van der Waals surface area contributed by atoms with Crippen LogP contribution in [-0.2, 0) is 4.79 Å². The third kappa shape index (κ3) is 0.788. The van der Waals surface area contributed by atoms with E-state index in [1.807, 2.05) is 12.1 Å². The molecule has 2 aliphatic rings. The van der Waals surface area contributed by atoms with E-state index in [0.717, 1.165) is 24.2 Å². The van der Waals surface area contributed by atoms with E-state index in [9.17, 15) is 4.79 Å². The van der Waals surface area contributed by atoms with E-state index in [0.29, 0.717) is 5.78 Å². The van der Waals surface area contributed by atoms with Gasteiger partial charge < -0.3 is 4.74 Å². The number of fused-ring (bicyclic) bond motifs is 5. The summed E-state index contributed by atoms with van der Waals surface area (Å²) in [4.78, 5) is 11.8. The number of ether oxygens (including phenoxy) is 1. The highest BCUT2D eigenvalue weighted by atomic mass is 16.5. The Morgan fingerprint density at radius 3 is 2.86 bits per heavy atom. The number of benzene rings is 1. The van der Waals surface area contributed by atoms with Gasteiger partial charge in [0.25, 0.3) is 0 Å². The van der Waals surface area contributed by atoms with Gasteiger partial charge in [-0.15, -0.1) is 0 Å². The third-order valence-corrected chi connectivity index (χ3v) is 3.47. The van der Waals surface area contributed by atoms with Gasteiger partial charge in [-0.05, 0) is 24.5 Å². The predicted molar refractivity (Wildman–Crippen MR) is 52.7 cm³/mol. The van der Waals surface area contributed by atoms with Crippen LogP contribution in [0.15, 0.2) is 18.2 Å². The molecule has 2 bridgehead atoms. The molecule has 72 valence electrons. The fourth-order valence-electron chi connectivity index (χ4n) is 2.87. The van der Waals surface area contributed by atoms with Gasteiger partial charge in [-0.2, -0.15) is 0 Å². The minimum absolute atomic E-state index is 0.131. The van der Waals surface area contributed by atoms with E-state index in [1.54, 1.807) is 7.11 Å². The van der Waals surface area contributed by atoms with Crippen LogP contribution < -0.4 is 4.74 Å². The maximum Gasteiger partial charge on any atom is 0.147 e. The number of Topliss-reactive ketones (excluding diaryl/α,β-unsaturated/α-hetero) is 1. The molecule has 0 aromatic heterocycles. The van der Waals surface area contributed by atoms with Crippen LogP contribution in [0.5, 0.6) is 5.75 Å². The lowest BCUT2D eigenvalue weighted by molar-refractivity contribution is -0.119. The molecular weight excluding hydrogens is 176 g/mol. The van der Waals surface area contributed by atoms with Crippen molar-refractivity contribution in [2.24, 2.45) is 0 Å². The molecule has 14 heavy (non-hydrogen) atoms. The van der Waals surface area contributed by atoms with Gasteiger partial charge in [0, 0.05) is 17.4 Å². The lowest BCUT2D eigenvalue weighted by atomic mass is 9.91. The molecule has 1 saturated carbocycles. The molecule has 0 radical (unpaired) electrons. The summed E-state index contributed by atoms with van der Waals surface area (Å²) in [6.45, 7) is 0. The molecule has 2 aliphatic carbocycles. The van der Waals surface area contributed by atoms with Crippen molar-refractivity contribution < 1.29 is 9.53 Å². The van der Waals surface area contributed by atoms with E-state index in [1.165, 1.54) is 5.56 Å². The normalized spacial score (nSPS) is 27.9. The smallest absolute Gasteiger partial charge is 0.147 e. The van der Waals surface area contributed by atoms with Gasteiger partial charge in [-0.1, -0.05) is 12.1 Å². The van der Waals surface area contributed by atoms with Crippen molar-refractivity contribution in [2.45, 2.75) is 24.7 Å². The highest BCUT2D eigenvalue weighted by Crippen LogP contribution is 2.53. The SMILES string of the molecule is COc1cccc2c1C1CCC2C1=O. The van der Waals surface area contributed by atoms with Crippen molar-refractivity contribution in [2.75, 3.05) is 7.11 Å². The molecule has 2 unspecified atom stereocenters. The van der Waals surface area contributed by atoms with Gasteiger partial charge in [0.05, 0.1) is 7.11 Å². The largest absolute Gasteiger partial charge is 0.496 e. The Morgan fingerprint density at radius 1 is 1.29 bits per heavy atom. The highest BCUT2D eigenvalue weighted by molar-refractivity contribution is 5.99. The molecule has 1 fully saturated rings. The summed E-state index contributed by atoms with van der Waals surface area (Å²) in [6, 6.07) is 6.00. The van der Waals surface area contributed by atoms with Gasteiger partial charge in [-0.25, -0.2) is 0 Å². The summed E-state index contributed by atoms with van der Waals surface area (Å²) in [6.07, 6.45) is 2.04. The maximum absolute atomic E-state index is 11.8. The first-order valence-electron chi connectivity index (χ1n) is 5.03. The molecule has 1 aromatic rings. The number of carbonyl (C=O) groups excluding carboxylic acids is 1. The van der Waals surface area contributed by atoms with Crippen molar-refractivity contribution in [1.82, 2.24) is 0 Å². The predicted octanol–water partition coefficient (Wildman–Crippen LogP) is 2.24. The number of rotatable bonds is 1. The van der Waals surface area contributed by atoms with Crippen molar-refractivity contribution in [3.05, 3.63) is 29.3 Å². The average molecular weight is 188 g/mol. The maximum atomic E-state index is 11.8. The fraction of sp³-hybridized carbons (Fsp3) is 0.417. The molecule has 2 nitrogen and oxygen atoms in total. The zero-order chi connectivity index (χ0) is 9.71. The van der Waals surface area contributed by atoms with Crippen LogP contribution in [0.1, 0.15) is 35.8 Å². The molecule has 0 spiro atoms. The first kappa shape index (κ1) is 8.04. The molecular formula is C12H12O2. The summed E-state index contributed by atoms with van der Waals surface area (Å²) in [5, 5.41) is 0. The second kappa shape index (κ2) is 2.59. The van der Waals surface area contributed by atoms with Gasteiger partial charge in [0.1, 0.15) is 11.5 Å². The minimum atomic E-state index is 0.131. The zero-order valence-electron chi connectivity index (χ0n) is 8.12. The van der Waals surface area contributed by atoms with Crippen molar-refractivity contribution in [1.29, 1.82) is 0 Å². The van der Waals surface area contributed by atoms with Crippen LogP contribution >= 0.6 is 0 Å². The molecule has 1 aromatic carbocycles. The van der Waals surface area contributed by atoms with Crippen LogP contribution in [0.3, 0.4) is 0 Å². The Kier molecular flexibility index (Phi) is 1.49. The fourth-order valence-corrected chi connectivity index (χ4v) is 2.87. The molecule has 0 amide bonds. The van der Waals surface area contributed by atoms with Crippen molar-refractivity contribution in [3.8, 4) is 5.75 Å². The van der Waals surface area contributed by atoms with Crippen LogP contribution in [-0.4, -0.2) is 12.9 Å².